The molecule has 0 radical (unpaired) electrons. The van der Waals surface area contributed by atoms with Crippen molar-refractivity contribution in [1.82, 2.24) is 10.9 Å². The summed E-state index contributed by atoms with van der Waals surface area (Å²) in [6.45, 7) is 6.07. The van der Waals surface area contributed by atoms with Crippen molar-refractivity contribution < 1.29 is 4.79 Å². The van der Waals surface area contributed by atoms with Gasteiger partial charge in [0, 0.05) is 12.1 Å². The van der Waals surface area contributed by atoms with E-state index >= 15 is 0 Å². The third-order valence-corrected chi connectivity index (χ3v) is 2.68. The van der Waals surface area contributed by atoms with Crippen molar-refractivity contribution in [3.63, 3.8) is 0 Å². The van der Waals surface area contributed by atoms with E-state index in [0.29, 0.717) is 17.5 Å². The Balaban J connectivity index is 2.47. The average molecular weight is 265 g/mol. The second-order valence-electron chi connectivity index (χ2n) is 4.26. The second-order valence-corrected chi connectivity index (χ2v) is 4.67. The summed E-state index contributed by atoms with van der Waals surface area (Å²) in [6, 6.07) is 8.04. The van der Waals surface area contributed by atoms with E-state index in [0.717, 1.165) is 5.69 Å². The third kappa shape index (κ3) is 4.71. The molecule has 98 valence electrons. The van der Waals surface area contributed by atoms with Crippen LogP contribution in [0.5, 0.6) is 0 Å². The highest BCUT2D eigenvalue weighted by atomic mass is 32.1. The Morgan fingerprint density at radius 2 is 1.83 bits per heavy atom. The van der Waals surface area contributed by atoms with Gasteiger partial charge in [-0.25, -0.2) is 0 Å². The first-order chi connectivity index (χ1) is 8.52. The van der Waals surface area contributed by atoms with E-state index in [2.05, 4.69) is 42.1 Å². The van der Waals surface area contributed by atoms with Crippen molar-refractivity contribution in [2.75, 3.05) is 5.32 Å². The van der Waals surface area contributed by atoms with Crippen molar-refractivity contribution in [3.8, 4) is 0 Å². The lowest BCUT2D eigenvalue weighted by atomic mass is 10.0. The summed E-state index contributed by atoms with van der Waals surface area (Å²) in [5.41, 5.74) is 7.30. The molecule has 1 rings (SSSR count). The number of rotatable bonds is 3. The number of thiocarbonyl (C=S) groups is 1. The summed E-state index contributed by atoms with van der Waals surface area (Å²) in [5, 5.41) is 3.36. The summed E-state index contributed by atoms with van der Waals surface area (Å²) in [5.74, 6) is 0.405. The summed E-state index contributed by atoms with van der Waals surface area (Å²) in [7, 11) is 0. The highest BCUT2D eigenvalue weighted by Crippen LogP contribution is 2.16. The van der Waals surface area contributed by atoms with Gasteiger partial charge in [0.25, 0.3) is 0 Å². The fraction of sp³-hybridized carbons (Fsp3) is 0.385. The molecule has 0 aliphatic carbocycles. The number of carbonyl (C=O) groups is 1. The van der Waals surface area contributed by atoms with E-state index in [4.69, 9.17) is 12.2 Å². The van der Waals surface area contributed by atoms with Crippen LogP contribution in [0.1, 0.15) is 38.7 Å². The SMILES string of the molecule is CCC(=O)NNC(=S)Nc1ccc(C(C)C)cc1. The molecule has 0 saturated carbocycles. The molecule has 0 aliphatic rings. The van der Waals surface area contributed by atoms with Gasteiger partial charge in [-0.05, 0) is 35.8 Å². The fourth-order valence-corrected chi connectivity index (χ4v) is 1.50. The number of hydrogen-bond donors (Lipinski definition) is 3. The van der Waals surface area contributed by atoms with Crippen LogP contribution in [-0.4, -0.2) is 11.0 Å². The normalized spacial score (nSPS) is 10.0. The van der Waals surface area contributed by atoms with Crippen LogP contribution in [0.3, 0.4) is 0 Å². The fourth-order valence-electron chi connectivity index (χ4n) is 1.33. The number of hydrogen-bond acceptors (Lipinski definition) is 2. The van der Waals surface area contributed by atoms with Gasteiger partial charge in [0.05, 0.1) is 0 Å². The predicted octanol–water partition coefficient (Wildman–Crippen LogP) is 2.54. The number of nitrogens with one attached hydrogen (secondary N) is 3. The zero-order valence-corrected chi connectivity index (χ0v) is 11.7. The lowest BCUT2D eigenvalue weighted by Gasteiger charge is -2.12. The number of carbonyl (C=O) groups excluding carboxylic acids is 1. The summed E-state index contributed by atoms with van der Waals surface area (Å²) in [4.78, 5) is 11.0. The van der Waals surface area contributed by atoms with Crippen molar-refractivity contribution >= 4 is 28.9 Å². The minimum Gasteiger partial charge on any atom is -0.331 e. The second kappa shape index (κ2) is 6.96. The molecule has 0 heterocycles. The Bertz CT molecular complexity index is 415. The average Bonchev–Trinajstić information content (AvgIpc) is 2.36. The Morgan fingerprint density at radius 3 is 2.33 bits per heavy atom. The van der Waals surface area contributed by atoms with Crippen LogP contribution in [0, 0.1) is 0 Å². The van der Waals surface area contributed by atoms with Gasteiger partial charge < -0.3 is 5.32 Å². The van der Waals surface area contributed by atoms with Crippen LogP contribution in [0.25, 0.3) is 0 Å². The van der Waals surface area contributed by atoms with Gasteiger partial charge in [-0.3, -0.25) is 15.6 Å². The molecule has 18 heavy (non-hydrogen) atoms. The van der Waals surface area contributed by atoms with Gasteiger partial charge >= 0.3 is 0 Å². The zero-order chi connectivity index (χ0) is 13.5. The molecular weight excluding hydrogens is 246 g/mol. The Hall–Kier alpha value is -1.62. The lowest BCUT2D eigenvalue weighted by molar-refractivity contribution is -0.121. The number of benzene rings is 1. The maximum Gasteiger partial charge on any atom is 0.238 e. The third-order valence-electron chi connectivity index (χ3n) is 2.47. The first-order valence-electron chi connectivity index (χ1n) is 5.98. The predicted molar refractivity (Wildman–Crippen MR) is 78.3 cm³/mol. The lowest BCUT2D eigenvalue weighted by Crippen LogP contribution is -2.43. The molecule has 3 N–H and O–H groups in total. The van der Waals surface area contributed by atoms with Crippen LogP contribution in [0.4, 0.5) is 5.69 Å². The molecule has 0 aromatic heterocycles. The van der Waals surface area contributed by atoms with E-state index in [1.165, 1.54) is 5.56 Å². The topological polar surface area (TPSA) is 53.2 Å². The molecule has 1 aromatic carbocycles. The summed E-state index contributed by atoms with van der Waals surface area (Å²) < 4.78 is 0. The quantitative estimate of drug-likeness (QED) is 0.581. The first kappa shape index (κ1) is 14.4. The highest BCUT2D eigenvalue weighted by Gasteiger charge is 2.01. The van der Waals surface area contributed by atoms with Crippen LogP contribution >= 0.6 is 12.2 Å². The first-order valence-corrected chi connectivity index (χ1v) is 6.39. The monoisotopic (exact) mass is 265 g/mol. The number of hydrazine groups is 1. The van der Waals surface area contributed by atoms with Crippen molar-refractivity contribution in [2.24, 2.45) is 0 Å². The van der Waals surface area contributed by atoms with E-state index in [-0.39, 0.29) is 5.91 Å². The smallest absolute Gasteiger partial charge is 0.238 e. The van der Waals surface area contributed by atoms with Crippen LogP contribution < -0.4 is 16.2 Å². The van der Waals surface area contributed by atoms with Gasteiger partial charge in [-0.1, -0.05) is 32.9 Å². The minimum absolute atomic E-state index is 0.102. The molecular formula is C13H19N3OS. The molecule has 0 fully saturated rings. The molecule has 0 spiro atoms. The van der Waals surface area contributed by atoms with Gasteiger partial charge in [-0.2, -0.15) is 0 Å². The van der Waals surface area contributed by atoms with E-state index < -0.39 is 0 Å². The van der Waals surface area contributed by atoms with Crippen molar-refractivity contribution in [1.29, 1.82) is 0 Å². The molecule has 0 unspecified atom stereocenters. The van der Waals surface area contributed by atoms with Crippen LogP contribution in [0.2, 0.25) is 0 Å². The minimum atomic E-state index is -0.102. The molecule has 0 aliphatic heterocycles. The highest BCUT2D eigenvalue weighted by molar-refractivity contribution is 7.80. The van der Waals surface area contributed by atoms with E-state index in [1.807, 2.05) is 12.1 Å². The molecule has 0 saturated heterocycles. The maximum absolute atomic E-state index is 11.0. The van der Waals surface area contributed by atoms with Gasteiger partial charge in [0.15, 0.2) is 5.11 Å². The molecule has 5 heteroatoms. The Labute approximate surface area is 113 Å². The molecule has 0 bridgehead atoms. The van der Waals surface area contributed by atoms with Gasteiger partial charge in [-0.15, -0.1) is 0 Å². The summed E-state index contributed by atoms with van der Waals surface area (Å²) >= 11 is 5.05. The molecule has 0 atom stereocenters. The Morgan fingerprint density at radius 1 is 1.22 bits per heavy atom. The zero-order valence-electron chi connectivity index (χ0n) is 10.9. The number of amides is 1. The Kier molecular flexibility index (Phi) is 5.58. The molecule has 4 nitrogen and oxygen atoms in total. The van der Waals surface area contributed by atoms with E-state index in [1.54, 1.807) is 6.92 Å². The standard InChI is InChI=1S/C13H19N3OS/c1-4-12(17)15-16-13(18)14-11-7-5-10(6-8-11)9(2)3/h5-9H,4H2,1-3H3,(H,15,17)(H2,14,16,18). The van der Waals surface area contributed by atoms with Gasteiger partial charge in [0.1, 0.15) is 0 Å². The number of anilines is 1. The molecule has 1 amide bonds. The summed E-state index contributed by atoms with van der Waals surface area (Å²) in [6.07, 6.45) is 0.415. The van der Waals surface area contributed by atoms with Crippen molar-refractivity contribution in [2.45, 2.75) is 33.1 Å². The van der Waals surface area contributed by atoms with E-state index in [9.17, 15) is 4.79 Å². The van der Waals surface area contributed by atoms with Crippen LogP contribution in [-0.2, 0) is 4.79 Å². The van der Waals surface area contributed by atoms with Crippen molar-refractivity contribution in [3.05, 3.63) is 29.8 Å². The van der Waals surface area contributed by atoms with Gasteiger partial charge in [0.2, 0.25) is 5.91 Å². The molecule has 1 aromatic rings. The maximum atomic E-state index is 11.0. The largest absolute Gasteiger partial charge is 0.331 e. The van der Waals surface area contributed by atoms with Crippen LogP contribution in [0.15, 0.2) is 24.3 Å².